The fourth-order valence-electron chi connectivity index (χ4n) is 6.56. The van der Waals surface area contributed by atoms with Crippen LogP contribution in [0.2, 0.25) is 0 Å². The molecular weight excluding hydrogens is 434 g/mol. The Bertz CT molecular complexity index is 876. The second kappa shape index (κ2) is 11.5. The molecule has 1 atom stereocenters. The molecule has 5 rings (SSSR count). The van der Waals surface area contributed by atoms with E-state index in [9.17, 15) is 0 Å². The Hall–Kier alpha value is -1.22. The fraction of sp³-hybridized carbons (Fsp3) is 0.484. The zero-order valence-corrected chi connectivity index (χ0v) is 22.1. The van der Waals surface area contributed by atoms with Crippen LogP contribution in [0.25, 0.3) is 0 Å². The minimum absolute atomic E-state index is 0.0541. The van der Waals surface area contributed by atoms with Gasteiger partial charge in [0.05, 0.1) is 0 Å². The summed E-state index contributed by atoms with van der Waals surface area (Å²) in [5.41, 5.74) is 4.60. The summed E-state index contributed by atoms with van der Waals surface area (Å²) in [4.78, 5) is 0. The first-order chi connectivity index (χ1) is 16.3. The molecule has 3 aliphatic rings. The number of hydrogen-bond acceptors (Lipinski definition) is 0. The van der Waals surface area contributed by atoms with E-state index < -0.39 is 7.92 Å². The van der Waals surface area contributed by atoms with Crippen molar-refractivity contribution in [3.8, 4) is 0 Å². The SMILES string of the molecule is C[C@@H](C1=C(P(c2ccccc2)c2ccccc2)C=CC1)P(C1CCCCC1)C1CCCCC1. The minimum atomic E-state index is -0.480. The van der Waals surface area contributed by atoms with Gasteiger partial charge in [0.25, 0.3) is 0 Å². The standard InChI is InChI=1S/C31H40P2/c1-25(32(26-15-6-2-7-16-26)27-17-8-3-9-18-27)30-23-14-24-31(30)33(28-19-10-4-11-20-28)29-21-12-5-13-22-29/h4-5,10-14,19-22,24-27H,2-3,6-9,15-18,23H2,1H3/t25-/m0/s1. The van der Waals surface area contributed by atoms with Crippen LogP contribution in [0.5, 0.6) is 0 Å². The molecule has 2 aromatic rings. The Morgan fingerprint density at radius 1 is 0.667 bits per heavy atom. The van der Waals surface area contributed by atoms with Gasteiger partial charge in [-0.3, -0.25) is 0 Å². The molecule has 2 saturated carbocycles. The lowest BCUT2D eigenvalue weighted by atomic mass is 9.99. The highest BCUT2D eigenvalue weighted by Gasteiger charge is 2.37. The quantitative estimate of drug-likeness (QED) is 0.352. The fourth-order valence-corrected chi connectivity index (χ4v) is 13.7. The Morgan fingerprint density at radius 2 is 1.15 bits per heavy atom. The Kier molecular flexibility index (Phi) is 8.18. The third-order valence-corrected chi connectivity index (χ3v) is 14.6. The van der Waals surface area contributed by atoms with Gasteiger partial charge >= 0.3 is 0 Å². The van der Waals surface area contributed by atoms with E-state index in [1.165, 1.54) is 81.2 Å². The smallest absolute Gasteiger partial charge is 0.00101 e. The summed E-state index contributed by atoms with van der Waals surface area (Å²) in [6.07, 6.45) is 21.1. The van der Waals surface area contributed by atoms with Crippen molar-refractivity contribution in [1.29, 1.82) is 0 Å². The summed E-state index contributed by atoms with van der Waals surface area (Å²) in [6, 6.07) is 22.7. The predicted octanol–water partition coefficient (Wildman–Crippen LogP) is 8.87. The van der Waals surface area contributed by atoms with E-state index in [1.807, 2.05) is 0 Å². The van der Waals surface area contributed by atoms with Crippen molar-refractivity contribution in [3.05, 3.63) is 83.7 Å². The Balaban J connectivity index is 1.54. The number of benzene rings is 2. The van der Waals surface area contributed by atoms with Crippen LogP contribution in [0.1, 0.15) is 77.6 Å². The monoisotopic (exact) mass is 474 g/mol. The number of hydrogen-bond donors (Lipinski definition) is 0. The van der Waals surface area contributed by atoms with Crippen LogP contribution in [0.4, 0.5) is 0 Å². The summed E-state index contributed by atoms with van der Waals surface area (Å²) in [7, 11) is -0.426. The van der Waals surface area contributed by atoms with E-state index >= 15 is 0 Å². The first-order valence-electron chi connectivity index (χ1n) is 13.4. The van der Waals surface area contributed by atoms with Crippen molar-refractivity contribution < 1.29 is 0 Å². The first-order valence-corrected chi connectivity index (χ1v) is 16.3. The van der Waals surface area contributed by atoms with Crippen molar-refractivity contribution >= 4 is 26.5 Å². The van der Waals surface area contributed by atoms with Gasteiger partial charge in [-0.05, 0) is 72.9 Å². The lowest BCUT2D eigenvalue weighted by molar-refractivity contribution is 0.482. The molecule has 2 heteroatoms. The highest BCUT2D eigenvalue weighted by Crippen LogP contribution is 2.63. The summed E-state index contributed by atoms with van der Waals surface area (Å²) in [5.74, 6) is 0. The minimum Gasteiger partial charge on any atom is -0.0932 e. The largest absolute Gasteiger partial charge is 0.0932 e. The van der Waals surface area contributed by atoms with Crippen molar-refractivity contribution in [1.82, 2.24) is 0 Å². The topological polar surface area (TPSA) is 0 Å². The van der Waals surface area contributed by atoms with Gasteiger partial charge in [0, 0.05) is 0 Å². The molecule has 0 nitrogen and oxygen atoms in total. The first kappa shape index (κ1) is 23.5. The second-order valence-corrected chi connectivity index (χ2v) is 15.5. The van der Waals surface area contributed by atoms with E-state index in [0.717, 1.165) is 17.0 Å². The Morgan fingerprint density at radius 3 is 1.64 bits per heavy atom. The van der Waals surface area contributed by atoms with E-state index in [1.54, 1.807) is 10.9 Å². The van der Waals surface area contributed by atoms with E-state index in [2.05, 4.69) is 79.7 Å². The van der Waals surface area contributed by atoms with Gasteiger partial charge < -0.3 is 0 Å². The second-order valence-electron chi connectivity index (χ2n) is 10.2. The van der Waals surface area contributed by atoms with Gasteiger partial charge in [0.15, 0.2) is 0 Å². The van der Waals surface area contributed by atoms with Crippen LogP contribution < -0.4 is 10.6 Å². The third kappa shape index (κ3) is 5.39. The molecule has 33 heavy (non-hydrogen) atoms. The summed E-state index contributed by atoms with van der Waals surface area (Å²) >= 11 is 0. The van der Waals surface area contributed by atoms with Gasteiger partial charge in [-0.15, -0.1) is 0 Å². The van der Waals surface area contributed by atoms with Crippen molar-refractivity contribution in [3.63, 3.8) is 0 Å². The highest BCUT2D eigenvalue weighted by molar-refractivity contribution is 7.77. The van der Waals surface area contributed by atoms with Gasteiger partial charge in [0.2, 0.25) is 0 Å². The van der Waals surface area contributed by atoms with Crippen LogP contribution in [0.15, 0.2) is 83.7 Å². The number of allylic oxidation sites excluding steroid dienone is 4. The zero-order chi connectivity index (χ0) is 22.5. The normalized spacial score (nSPS) is 21.3. The molecule has 2 fully saturated rings. The lowest BCUT2D eigenvalue weighted by Gasteiger charge is -2.43. The molecular formula is C31H40P2. The molecule has 174 valence electrons. The van der Waals surface area contributed by atoms with Gasteiger partial charge in [0.1, 0.15) is 0 Å². The summed E-state index contributed by atoms with van der Waals surface area (Å²) < 4.78 is 0. The molecule has 0 radical (unpaired) electrons. The zero-order valence-electron chi connectivity index (χ0n) is 20.3. The van der Waals surface area contributed by atoms with Gasteiger partial charge in [-0.2, -0.15) is 0 Å². The van der Waals surface area contributed by atoms with Gasteiger partial charge in [-0.1, -0.05) is 132 Å². The molecule has 0 N–H and O–H groups in total. The maximum atomic E-state index is 2.65. The van der Waals surface area contributed by atoms with Gasteiger partial charge in [-0.25, -0.2) is 0 Å². The molecule has 0 saturated heterocycles. The molecule has 0 amide bonds. The highest BCUT2D eigenvalue weighted by atomic mass is 31.1. The van der Waals surface area contributed by atoms with E-state index in [-0.39, 0.29) is 7.92 Å². The van der Waals surface area contributed by atoms with Crippen molar-refractivity contribution in [2.75, 3.05) is 0 Å². The lowest BCUT2D eigenvalue weighted by Crippen LogP contribution is -2.27. The third-order valence-electron chi connectivity index (χ3n) is 8.16. The van der Waals surface area contributed by atoms with Crippen LogP contribution in [-0.2, 0) is 0 Å². The van der Waals surface area contributed by atoms with Crippen LogP contribution >= 0.6 is 15.8 Å². The Labute approximate surface area is 204 Å². The molecule has 0 bridgehead atoms. The van der Waals surface area contributed by atoms with Crippen LogP contribution in [0, 0.1) is 0 Å². The van der Waals surface area contributed by atoms with Crippen LogP contribution in [0.3, 0.4) is 0 Å². The van der Waals surface area contributed by atoms with E-state index in [4.69, 9.17) is 0 Å². The van der Waals surface area contributed by atoms with Crippen LogP contribution in [-0.4, -0.2) is 17.0 Å². The molecule has 0 unspecified atom stereocenters. The molecule has 0 heterocycles. The summed E-state index contributed by atoms with van der Waals surface area (Å²) in [6.45, 7) is 2.65. The molecule has 2 aromatic carbocycles. The maximum absolute atomic E-state index is 2.65. The number of rotatable bonds is 7. The molecule has 3 aliphatic carbocycles. The molecule has 0 aliphatic heterocycles. The van der Waals surface area contributed by atoms with E-state index in [0.29, 0.717) is 0 Å². The molecule has 0 spiro atoms. The van der Waals surface area contributed by atoms with Crippen molar-refractivity contribution in [2.45, 2.75) is 94.5 Å². The average molecular weight is 475 g/mol. The summed E-state index contributed by atoms with van der Waals surface area (Å²) in [5, 5.41) is 4.68. The van der Waals surface area contributed by atoms with Crippen molar-refractivity contribution in [2.24, 2.45) is 0 Å². The predicted molar refractivity (Wildman–Crippen MR) is 150 cm³/mol. The maximum Gasteiger partial charge on any atom is -0.00101 e. The average Bonchev–Trinajstić information content (AvgIpc) is 3.36. The molecule has 0 aromatic heterocycles.